The highest BCUT2D eigenvalue weighted by Gasteiger charge is 2.12. The third-order valence-corrected chi connectivity index (χ3v) is 5.05. The van der Waals surface area contributed by atoms with Crippen LogP contribution >= 0.6 is 0 Å². The van der Waals surface area contributed by atoms with E-state index in [9.17, 15) is 4.79 Å². The minimum Gasteiger partial charge on any atom is -0.493 e. The van der Waals surface area contributed by atoms with E-state index in [0.717, 1.165) is 22.5 Å². The molecule has 0 atom stereocenters. The second-order valence-electron chi connectivity index (χ2n) is 7.35. The van der Waals surface area contributed by atoms with Crippen LogP contribution in [0.25, 0.3) is 0 Å². The van der Waals surface area contributed by atoms with Gasteiger partial charge in [-0.1, -0.05) is 36.4 Å². The Morgan fingerprint density at radius 3 is 2.39 bits per heavy atom. The van der Waals surface area contributed by atoms with Gasteiger partial charge in [0.2, 0.25) is 0 Å². The number of hydrogen-bond donors (Lipinski definition) is 2. The number of benzene rings is 3. The molecular formula is C27H25N3O3. The molecule has 0 aliphatic carbocycles. The lowest BCUT2D eigenvalue weighted by Crippen LogP contribution is -2.23. The number of carbonyl (C=O) groups is 1. The number of carbonyl (C=O) groups excluding carboxylic acids is 1. The fraction of sp³-hybridized carbons (Fsp3) is 0.111. The Morgan fingerprint density at radius 1 is 0.848 bits per heavy atom. The Bertz CT molecular complexity index is 1200. The summed E-state index contributed by atoms with van der Waals surface area (Å²) in [5, 5.41) is 6.29. The van der Waals surface area contributed by atoms with E-state index in [2.05, 4.69) is 15.6 Å². The fourth-order valence-electron chi connectivity index (χ4n) is 3.33. The first-order valence-corrected chi connectivity index (χ1v) is 10.6. The number of ether oxygens (including phenoxy) is 2. The van der Waals surface area contributed by atoms with Crippen molar-refractivity contribution in [2.45, 2.75) is 13.2 Å². The molecule has 4 rings (SSSR count). The van der Waals surface area contributed by atoms with E-state index in [4.69, 9.17) is 9.47 Å². The number of rotatable bonds is 9. The zero-order chi connectivity index (χ0) is 22.9. The lowest BCUT2D eigenvalue weighted by Gasteiger charge is -2.14. The summed E-state index contributed by atoms with van der Waals surface area (Å²) in [5.41, 5.74) is 4.17. The van der Waals surface area contributed by atoms with Gasteiger partial charge < -0.3 is 20.1 Å². The van der Waals surface area contributed by atoms with Crippen molar-refractivity contribution in [2.24, 2.45) is 0 Å². The molecule has 0 aliphatic heterocycles. The number of para-hydroxylation sites is 2. The Labute approximate surface area is 193 Å². The largest absolute Gasteiger partial charge is 0.493 e. The van der Waals surface area contributed by atoms with Crippen molar-refractivity contribution < 1.29 is 14.3 Å². The second kappa shape index (κ2) is 10.8. The normalized spacial score (nSPS) is 10.3. The zero-order valence-corrected chi connectivity index (χ0v) is 18.3. The van der Waals surface area contributed by atoms with Crippen LogP contribution in [0.4, 0.5) is 11.4 Å². The summed E-state index contributed by atoms with van der Waals surface area (Å²) in [6.45, 7) is 0.777. The molecule has 0 saturated carbocycles. The van der Waals surface area contributed by atoms with Gasteiger partial charge >= 0.3 is 0 Å². The van der Waals surface area contributed by atoms with Gasteiger partial charge in [-0.05, 0) is 59.7 Å². The molecule has 0 fully saturated rings. The van der Waals surface area contributed by atoms with E-state index in [1.165, 1.54) is 0 Å². The first-order chi connectivity index (χ1) is 16.2. The number of anilines is 2. The molecule has 1 heterocycles. The van der Waals surface area contributed by atoms with Crippen LogP contribution in [0, 0.1) is 0 Å². The van der Waals surface area contributed by atoms with Crippen LogP contribution in [0.1, 0.15) is 21.5 Å². The first-order valence-electron chi connectivity index (χ1n) is 10.6. The molecule has 0 saturated heterocycles. The average molecular weight is 440 g/mol. The van der Waals surface area contributed by atoms with Gasteiger partial charge in [-0.25, -0.2) is 0 Å². The molecule has 1 aromatic heterocycles. The summed E-state index contributed by atoms with van der Waals surface area (Å²) in [7, 11) is 1.60. The highest BCUT2D eigenvalue weighted by atomic mass is 16.5. The number of hydrogen-bond acceptors (Lipinski definition) is 5. The van der Waals surface area contributed by atoms with Crippen LogP contribution in [0.2, 0.25) is 0 Å². The van der Waals surface area contributed by atoms with Crippen molar-refractivity contribution in [3.63, 3.8) is 0 Å². The number of amides is 1. The van der Waals surface area contributed by atoms with E-state index in [0.29, 0.717) is 30.2 Å². The first kappa shape index (κ1) is 21.9. The van der Waals surface area contributed by atoms with Crippen LogP contribution in [0.3, 0.4) is 0 Å². The summed E-state index contributed by atoms with van der Waals surface area (Å²) in [5.74, 6) is 1.09. The Morgan fingerprint density at radius 2 is 1.61 bits per heavy atom. The number of pyridine rings is 1. The Balaban J connectivity index is 1.40. The molecule has 4 aromatic rings. The number of aromatic nitrogens is 1. The molecule has 1 amide bonds. The van der Waals surface area contributed by atoms with Crippen molar-refractivity contribution in [3.8, 4) is 11.5 Å². The van der Waals surface area contributed by atoms with Crippen molar-refractivity contribution in [3.05, 3.63) is 114 Å². The van der Waals surface area contributed by atoms with Gasteiger partial charge in [0, 0.05) is 24.6 Å². The number of nitrogens with one attached hydrogen (secondary N) is 2. The third kappa shape index (κ3) is 5.89. The van der Waals surface area contributed by atoms with Gasteiger partial charge in [0.15, 0.2) is 11.5 Å². The minimum atomic E-state index is -0.161. The molecule has 0 unspecified atom stereocenters. The summed E-state index contributed by atoms with van der Waals surface area (Å²) in [6.07, 6.45) is 3.46. The maximum atomic E-state index is 12.9. The van der Waals surface area contributed by atoms with Gasteiger partial charge in [0.1, 0.15) is 6.61 Å². The Hall–Kier alpha value is -4.32. The highest BCUT2D eigenvalue weighted by Crippen LogP contribution is 2.29. The van der Waals surface area contributed by atoms with Crippen LogP contribution in [0.15, 0.2) is 97.3 Å². The smallest absolute Gasteiger partial charge is 0.253 e. The summed E-state index contributed by atoms with van der Waals surface area (Å²) in [6, 6.07) is 26.7. The van der Waals surface area contributed by atoms with E-state index < -0.39 is 0 Å². The molecule has 166 valence electrons. The zero-order valence-electron chi connectivity index (χ0n) is 18.3. The van der Waals surface area contributed by atoms with E-state index in [1.54, 1.807) is 25.6 Å². The predicted molar refractivity (Wildman–Crippen MR) is 129 cm³/mol. The molecule has 0 aliphatic rings. The number of methoxy groups -OCH3 is 1. The lowest BCUT2D eigenvalue weighted by molar-refractivity contribution is 0.0951. The molecule has 0 bridgehead atoms. The molecule has 0 radical (unpaired) electrons. The molecule has 3 aromatic carbocycles. The van der Waals surface area contributed by atoms with E-state index >= 15 is 0 Å². The van der Waals surface area contributed by atoms with Crippen LogP contribution in [-0.4, -0.2) is 18.0 Å². The standard InChI is InChI=1S/C27H25N3O3/c1-32-26-17-21(11-12-25(26)33-19-20-13-15-28-16-14-20)18-29-27(31)23-9-5-6-10-24(23)30-22-7-3-2-4-8-22/h2-17,30H,18-19H2,1H3,(H,29,31). The van der Waals surface area contributed by atoms with Crippen LogP contribution in [-0.2, 0) is 13.2 Å². The molecule has 0 spiro atoms. The Kier molecular flexibility index (Phi) is 7.18. The SMILES string of the molecule is COc1cc(CNC(=O)c2ccccc2Nc2ccccc2)ccc1OCc1ccncc1. The van der Waals surface area contributed by atoms with Gasteiger partial charge in [0.25, 0.3) is 5.91 Å². The topological polar surface area (TPSA) is 72.5 Å². The average Bonchev–Trinajstić information content (AvgIpc) is 2.88. The predicted octanol–water partition coefficient (Wildman–Crippen LogP) is 5.34. The number of nitrogens with zero attached hydrogens (tertiary/aromatic N) is 1. The fourth-order valence-corrected chi connectivity index (χ4v) is 3.33. The second-order valence-corrected chi connectivity index (χ2v) is 7.35. The molecular weight excluding hydrogens is 414 g/mol. The van der Waals surface area contributed by atoms with Crippen molar-refractivity contribution in [1.82, 2.24) is 10.3 Å². The van der Waals surface area contributed by atoms with E-state index in [-0.39, 0.29) is 5.91 Å². The van der Waals surface area contributed by atoms with Crippen molar-refractivity contribution in [1.29, 1.82) is 0 Å². The van der Waals surface area contributed by atoms with E-state index in [1.807, 2.05) is 78.9 Å². The van der Waals surface area contributed by atoms with Gasteiger partial charge in [-0.15, -0.1) is 0 Å². The van der Waals surface area contributed by atoms with Gasteiger partial charge in [-0.3, -0.25) is 9.78 Å². The van der Waals surface area contributed by atoms with Crippen molar-refractivity contribution in [2.75, 3.05) is 12.4 Å². The maximum Gasteiger partial charge on any atom is 0.253 e. The molecule has 6 heteroatoms. The summed E-state index contributed by atoms with van der Waals surface area (Å²) >= 11 is 0. The van der Waals surface area contributed by atoms with Crippen LogP contribution in [0.5, 0.6) is 11.5 Å². The quantitative estimate of drug-likeness (QED) is 0.368. The molecule has 6 nitrogen and oxygen atoms in total. The molecule has 2 N–H and O–H groups in total. The van der Waals surface area contributed by atoms with Crippen molar-refractivity contribution >= 4 is 17.3 Å². The maximum absolute atomic E-state index is 12.9. The monoisotopic (exact) mass is 439 g/mol. The highest BCUT2D eigenvalue weighted by molar-refractivity contribution is 6.00. The third-order valence-electron chi connectivity index (χ3n) is 5.05. The summed E-state index contributed by atoms with van der Waals surface area (Å²) < 4.78 is 11.4. The summed E-state index contributed by atoms with van der Waals surface area (Å²) in [4.78, 5) is 16.9. The van der Waals surface area contributed by atoms with Gasteiger partial charge in [0.05, 0.1) is 18.4 Å². The lowest BCUT2D eigenvalue weighted by atomic mass is 10.1. The minimum absolute atomic E-state index is 0.161. The van der Waals surface area contributed by atoms with Gasteiger partial charge in [-0.2, -0.15) is 0 Å². The van der Waals surface area contributed by atoms with Crippen LogP contribution < -0.4 is 20.1 Å². The molecule has 33 heavy (non-hydrogen) atoms.